The molecule has 0 bridgehead atoms. The summed E-state index contributed by atoms with van der Waals surface area (Å²) in [5.41, 5.74) is 0. The Bertz CT molecular complexity index is 399. The number of likely N-dealkylation sites (tertiary alicyclic amines) is 1. The van der Waals surface area contributed by atoms with Crippen LogP contribution in [0.3, 0.4) is 0 Å². The lowest BCUT2D eigenvalue weighted by Gasteiger charge is -2.32. The lowest BCUT2D eigenvalue weighted by atomic mass is 9.83. The van der Waals surface area contributed by atoms with Crippen molar-refractivity contribution in [1.29, 1.82) is 0 Å². The molecular weight excluding hydrogens is 302 g/mol. The average Bonchev–Trinajstić information content (AvgIpc) is 2.68. The largest absolute Gasteiger partial charge is 0.481 e. The van der Waals surface area contributed by atoms with Crippen molar-refractivity contribution in [2.75, 3.05) is 20.1 Å². The molecule has 1 saturated heterocycles. The summed E-state index contributed by atoms with van der Waals surface area (Å²) in [5, 5.41) is 11.4. The minimum Gasteiger partial charge on any atom is -0.481 e. The molecule has 1 fully saturated rings. The van der Waals surface area contributed by atoms with Gasteiger partial charge >= 0.3 is 5.97 Å². The van der Waals surface area contributed by atoms with Gasteiger partial charge in [0.05, 0.1) is 5.92 Å². The van der Waals surface area contributed by atoms with Gasteiger partial charge in [0, 0.05) is 14.7 Å². The van der Waals surface area contributed by atoms with Crippen LogP contribution >= 0.6 is 27.3 Å². The molecule has 17 heavy (non-hydrogen) atoms. The molecule has 1 aliphatic rings. The van der Waals surface area contributed by atoms with Gasteiger partial charge in [-0.2, -0.15) is 0 Å². The first-order valence-corrected chi connectivity index (χ1v) is 7.40. The molecule has 1 unspecified atom stereocenters. The maximum absolute atomic E-state index is 11.5. The number of carboxylic acid groups (broad SMARTS) is 1. The SMILES string of the molecule is CN1CCC(C(C(=O)O)c2cc(Br)cs2)CC1. The highest BCUT2D eigenvalue weighted by Gasteiger charge is 2.32. The average molecular weight is 318 g/mol. The van der Waals surface area contributed by atoms with Crippen molar-refractivity contribution in [3.05, 3.63) is 20.8 Å². The lowest BCUT2D eigenvalue weighted by molar-refractivity contribution is -0.140. The molecule has 3 nitrogen and oxygen atoms in total. The van der Waals surface area contributed by atoms with Gasteiger partial charge in [-0.15, -0.1) is 11.3 Å². The van der Waals surface area contributed by atoms with Crippen molar-refractivity contribution in [1.82, 2.24) is 4.90 Å². The number of piperidine rings is 1. The van der Waals surface area contributed by atoms with Gasteiger partial charge in [0.25, 0.3) is 0 Å². The summed E-state index contributed by atoms with van der Waals surface area (Å²) in [6.07, 6.45) is 1.95. The normalized spacial score (nSPS) is 20.4. The quantitative estimate of drug-likeness (QED) is 0.931. The second-order valence-electron chi connectivity index (χ2n) is 4.62. The van der Waals surface area contributed by atoms with Gasteiger partial charge < -0.3 is 10.0 Å². The molecule has 2 rings (SSSR count). The summed E-state index contributed by atoms with van der Waals surface area (Å²) in [6, 6.07) is 1.95. The second kappa shape index (κ2) is 5.50. The number of aliphatic carboxylic acids is 1. The fourth-order valence-corrected chi connectivity index (χ4v) is 4.04. The van der Waals surface area contributed by atoms with Gasteiger partial charge in [0.2, 0.25) is 0 Å². The third-order valence-corrected chi connectivity index (χ3v) is 5.17. The highest BCUT2D eigenvalue weighted by molar-refractivity contribution is 9.10. The Morgan fingerprint density at radius 2 is 2.24 bits per heavy atom. The van der Waals surface area contributed by atoms with E-state index in [2.05, 4.69) is 27.9 Å². The molecule has 1 N–H and O–H groups in total. The number of carbonyl (C=O) groups is 1. The van der Waals surface area contributed by atoms with Crippen LogP contribution in [0.4, 0.5) is 0 Å². The number of hydrogen-bond acceptors (Lipinski definition) is 3. The highest BCUT2D eigenvalue weighted by atomic mass is 79.9. The first-order valence-electron chi connectivity index (χ1n) is 5.73. The van der Waals surface area contributed by atoms with Crippen LogP contribution in [0.25, 0.3) is 0 Å². The molecule has 94 valence electrons. The van der Waals surface area contributed by atoms with Gasteiger partial charge in [0.15, 0.2) is 0 Å². The molecular formula is C12H16BrNO2S. The first-order chi connectivity index (χ1) is 8.08. The lowest BCUT2D eigenvalue weighted by Crippen LogP contribution is -2.34. The molecule has 5 heteroatoms. The van der Waals surface area contributed by atoms with E-state index in [1.165, 1.54) is 11.3 Å². The molecule has 0 spiro atoms. The van der Waals surface area contributed by atoms with Crippen molar-refractivity contribution in [3.63, 3.8) is 0 Å². The minimum atomic E-state index is -0.686. The van der Waals surface area contributed by atoms with E-state index in [-0.39, 0.29) is 11.8 Å². The predicted octanol–water partition coefficient (Wildman–Crippen LogP) is 3.02. The molecule has 1 aromatic rings. The topological polar surface area (TPSA) is 40.5 Å². The molecule has 2 heterocycles. The minimum absolute atomic E-state index is 0.272. The number of halogens is 1. The monoisotopic (exact) mass is 317 g/mol. The van der Waals surface area contributed by atoms with Crippen molar-refractivity contribution in [2.45, 2.75) is 18.8 Å². The van der Waals surface area contributed by atoms with Gasteiger partial charge in [-0.3, -0.25) is 4.79 Å². The van der Waals surface area contributed by atoms with Crippen LogP contribution in [0.2, 0.25) is 0 Å². The van der Waals surface area contributed by atoms with Crippen molar-refractivity contribution in [2.24, 2.45) is 5.92 Å². The molecule has 0 radical (unpaired) electrons. The standard InChI is InChI=1S/C12H16BrNO2S/c1-14-4-2-8(3-5-14)11(12(15)16)10-6-9(13)7-17-10/h6-8,11H,2-5H2,1H3,(H,15,16). The van der Waals surface area contributed by atoms with E-state index < -0.39 is 5.97 Å². The molecule has 1 atom stereocenters. The summed E-state index contributed by atoms with van der Waals surface area (Å²) in [4.78, 5) is 14.7. The van der Waals surface area contributed by atoms with Crippen LogP contribution in [0.5, 0.6) is 0 Å². The Balaban J connectivity index is 2.15. The Hall–Kier alpha value is -0.390. The number of nitrogens with zero attached hydrogens (tertiary/aromatic N) is 1. The Labute approximate surface area is 114 Å². The van der Waals surface area contributed by atoms with Crippen molar-refractivity contribution >= 4 is 33.2 Å². The van der Waals surface area contributed by atoms with Gasteiger partial charge in [-0.25, -0.2) is 0 Å². The Kier molecular flexibility index (Phi) is 4.22. The fraction of sp³-hybridized carbons (Fsp3) is 0.583. The maximum atomic E-state index is 11.5. The van der Waals surface area contributed by atoms with E-state index in [9.17, 15) is 9.90 Å². The summed E-state index contributed by atoms with van der Waals surface area (Å²) in [7, 11) is 2.09. The maximum Gasteiger partial charge on any atom is 0.312 e. The molecule has 1 aliphatic heterocycles. The van der Waals surface area contributed by atoms with Crippen LogP contribution in [0.15, 0.2) is 15.9 Å². The molecule has 1 aromatic heterocycles. The van der Waals surface area contributed by atoms with Crippen molar-refractivity contribution < 1.29 is 9.90 Å². The second-order valence-corrected chi connectivity index (χ2v) is 6.48. The smallest absolute Gasteiger partial charge is 0.312 e. The number of hydrogen-bond donors (Lipinski definition) is 1. The van der Waals surface area contributed by atoms with E-state index in [1.54, 1.807) is 0 Å². The zero-order valence-corrected chi connectivity index (χ0v) is 12.1. The van der Waals surface area contributed by atoms with E-state index >= 15 is 0 Å². The zero-order valence-electron chi connectivity index (χ0n) is 9.73. The van der Waals surface area contributed by atoms with E-state index in [4.69, 9.17) is 0 Å². The van der Waals surface area contributed by atoms with Gasteiger partial charge in [-0.1, -0.05) is 0 Å². The van der Waals surface area contributed by atoms with Gasteiger partial charge in [0.1, 0.15) is 0 Å². The summed E-state index contributed by atoms with van der Waals surface area (Å²) >= 11 is 4.93. The number of carboxylic acids is 1. The zero-order chi connectivity index (χ0) is 12.4. The van der Waals surface area contributed by atoms with Crippen LogP contribution in [0.1, 0.15) is 23.6 Å². The predicted molar refractivity (Wildman–Crippen MR) is 72.6 cm³/mol. The molecule has 0 saturated carbocycles. The van der Waals surface area contributed by atoms with Crippen LogP contribution in [-0.4, -0.2) is 36.1 Å². The van der Waals surface area contributed by atoms with Crippen LogP contribution < -0.4 is 0 Å². The molecule has 0 aromatic carbocycles. The van der Waals surface area contributed by atoms with Crippen LogP contribution in [0, 0.1) is 5.92 Å². The highest BCUT2D eigenvalue weighted by Crippen LogP contribution is 2.36. The van der Waals surface area contributed by atoms with E-state index in [1.807, 2.05) is 11.4 Å². The van der Waals surface area contributed by atoms with Crippen molar-refractivity contribution in [3.8, 4) is 0 Å². The van der Waals surface area contributed by atoms with Crippen LogP contribution in [-0.2, 0) is 4.79 Å². The number of rotatable bonds is 3. The Morgan fingerprint density at radius 1 is 1.59 bits per heavy atom. The molecule has 0 amide bonds. The summed E-state index contributed by atoms with van der Waals surface area (Å²) < 4.78 is 0.983. The third kappa shape index (κ3) is 3.09. The first kappa shape index (κ1) is 13.1. The van der Waals surface area contributed by atoms with Gasteiger partial charge in [-0.05, 0) is 60.9 Å². The molecule has 0 aliphatic carbocycles. The number of thiophene rings is 1. The third-order valence-electron chi connectivity index (χ3n) is 3.39. The van der Waals surface area contributed by atoms with E-state index in [0.717, 1.165) is 35.3 Å². The summed E-state index contributed by atoms with van der Waals surface area (Å²) in [5.74, 6) is -0.747. The fourth-order valence-electron chi connectivity index (χ4n) is 2.41. The van der Waals surface area contributed by atoms with E-state index in [0.29, 0.717) is 0 Å². The Morgan fingerprint density at radius 3 is 2.71 bits per heavy atom. The summed E-state index contributed by atoms with van der Waals surface area (Å²) in [6.45, 7) is 2.00.